The normalized spacial score (nSPS) is 19.3. The minimum Gasteiger partial charge on any atom is -0.441 e. The quantitative estimate of drug-likeness (QED) is 0.653. The topological polar surface area (TPSA) is 65.8 Å². The number of rotatable bonds is 3. The van der Waals surface area contributed by atoms with Gasteiger partial charge < -0.3 is 14.6 Å². The Morgan fingerprint density at radius 3 is 2.46 bits per heavy atom. The molecule has 2 fully saturated rings. The van der Waals surface area contributed by atoms with E-state index >= 15 is 0 Å². The average molecular weight is 372 g/mol. The lowest BCUT2D eigenvalue weighted by molar-refractivity contribution is -0.113. The molecule has 1 aromatic carbocycles. The average Bonchev–Trinajstić information content (AvgIpc) is 3.22. The van der Waals surface area contributed by atoms with Gasteiger partial charge in [-0.2, -0.15) is 0 Å². The number of carbonyl (C=O) groups is 2. The van der Waals surface area contributed by atoms with E-state index in [-0.39, 0.29) is 5.70 Å². The molecule has 7 heteroatoms. The summed E-state index contributed by atoms with van der Waals surface area (Å²) in [5.41, 5.74) is 0.651. The van der Waals surface area contributed by atoms with Gasteiger partial charge in [0.25, 0.3) is 5.91 Å². The first-order chi connectivity index (χ1) is 12.6. The molecule has 1 N–H and O–H groups in total. The zero-order chi connectivity index (χ0) is 18.1. The fourth-order valence-corrected chi connectivity index (χ4v) is 3.33. The van der Waals surface area contributed by atoms with E-state index in [1.807, 2.05) is 6.07 Å². The van der Waals surface area contributed by atoms with Crippen LogP contribution >= 0.6 is 11.6 Å². The van der Waals surface area contributed by atoms with Crippen LogP contribution in [0.4, 0.5) is 16.4 Å². The maximum atomic E-state index is 12.6. The molecule has 2 aliphatic rings. The Morgan fingerprint density at radius 1 is 1.00 bits per heavy atom. The number of hydrogen-bond acceptors (Lipinski definition) is 4. The minimum absolute atomic E-state index is 0.185. The summed E-state index contributed by atoms with van der Waals surface area (Å²) in [5, 5.41) is 3.14. The van der Waals surface area contributed by atoms with Crippen molar-refractivity contribution < 1.29 is 14.0 Å². The lowest BCUT2D eigenvalue weighted by Gasteiger charge is -2.25. The Kier molecular flexibility index (Phi) is 4.42. The van der Waals surface area contributed by atoms with Gasteiger partial charge in [-0.1, -0.05) is 11.6 Å². The van der Waals surface area contributed by atoms with Crippen molar-refractivity contribution in [3.8, 4) is 0 Å². The first-order valence-corrected chi connectivity index (χ1v) is 8.97. The first-order valence-electron chi connectivity index (χ1n) is 8.59. The lowest BCUT2D eigenvalue weighted by atomic mass is 10.1. The van der Waals surface area contributed by atoms with Crippen LogP contribution in [-0.2, 0) is 4.79 Å². The van der Waals surface area contributed by atoms with E-state index in [1.54, 1.807) is 36.4 Å². The third kappa shape index (κ3) is 3.20. The monoisotopic (exact) mass is 371 g/mol. The number of nitrogens with zero attached hydrogens (tertiary/aromatic N) is 2. The van der Waals surface area contributed by atoms with Crippen molar-refractivity contribution in [2.75, 3.05) is 22.9 Å². The van der Waals surface area contributed by atoms with Crippen molar-refractivity contribution in [2.45, 2.75) is 19.3 Å². The van der Waals surface area contributed by atoms with Gasteiger partial charge in [-0.25, -0.2) is 9.69 Å². The zero-order valence-electron chi connectivity index (χ0n) is 14.1. The molecule has 0 atom stereocenters. The summed E-state index contributed by atoms with van der Waals surface area (Å²) in [7, 11) is 0. The van der Waals surface area contributed by atoms with Crippen LogP contribution in [0.25, 0.3) is 6.08 Å². The Morgan fingerprint density at radius 2 is 1.73 bits per heavy atom. The highest BCUT2D eigenvalue weighted by Gasteiger charge is 2.35. The molecule has 2 saturated heterocycles. The van der Waals surface area contributed by atoms with Crippen molar-refractivity contribution in [1.29, 1.82) is 0 Å². The van der Waals surface area contributed by atoms with E-state index in [0.717, 1.165) is 36.7 Å². The smallest absolute Gasteiger partial charge is 0.333 e. The molecular formula is C19H18ClN3O3. The predicted molar refractivity (Wildman–Crippen MR) is 100 cm³/mol. The summed E-state index contributed by atoms with van der Waals surface area (Å²) in [4.78, 5) is 28.1. The molecule has 0 bridgehead atoms. The van der Waals surface area contributed by atoms with E-state index in [2.05, 4.69) is 10.2 Å². The standard InChI is InChI=1S/C19H18ClN3O3/c20-13-4-6-14(7-5-13)23-18(24)16(21-19(23)25)12-15-8-9-17(26-15)22-10-2-1-3-11-22/h4-9,12H,1-3,10-11H2,(H,21,25)/b16-12+. The maximum absolute atomic E-state index is 12.6. The number of furan rings is 1. The van der Waals surface area contributed by atoms with E-state index < -0.39 is 11.9 Å². The third-order valence-corrected chi connectivity index (χ3v) is 4.78. The van der Waals surface area contributed by atoms with Crippen LogP contribution in [0.5, 0.6) is 0 Å². The molecule has 2 aromatic rings. The number of anilines is 2. The van der Waals surface area contributed by atoms with Gasteiger partial charge in [0.2, 0.25) is 0 Å². The summed E-state index contributed by atoms with van der Waals surface area (Å²) in [6, 6.07) is 9.74. The number of amides is 3. The second kappa shape index (κ2) is 6.88. The van der Waals surface area contributed by atoms with Gasteiger partial charge in [0.1, 0.15) is 11.5 Å². The molecule has 0 aliphatic carbocycles. The summed E-state index contributed by atoms with van der Waals surface area (Å²) in [6.07, 6.45) is 5.11. The summed E-state index contributed by atoms with van der Waals surface area (Å²) in [5.74, 6) is 0.906. The number of urea groups is 1. The summed E-state index contributed by atoms with van der Waals surface area (Å²) < 4.78 is 5.84. The summed E-state index contributed by atoms with van der Waals surface area (Å²) >= 11 is 5.86. The SMILES string of the molecule is O=C1N/C(=C/c2ccc(N3CCCCC3)o2)C(=O)N1c1ccc(Cl)cc1. The van der Waals surface area contributed by atoms with Crippen LogP contribution in [-0.4, -0.2) is 25.0 Å². The molecule has 3 heterocycles. The molecule has 0 unspecified atom stereocenters. The van der Waals surface area contributed by atoms with Crippen molar-refractivity contribution >= 4 is 41.2 Å². The van der Waals surface area contributed by atoms with E-state index in [0.29, 0.717) is 16.5 Å². The largest absolute Gasteiger partial charge is 0.441 e. The van der Waals surface area contributed by atoms with Gasteiger partial charge in [-0.15, -0.1) is 0 Å². The number of nitrogens with one attached hydrogen (secondary N) is 1. The van der Waals surface area contributed by atoms with E-state index in [1.165, 1.54) is 6.42 Å². The van der Waals surface area contributed by atoms with Crippen molar-refractivity contribution in [3.05, 3.63) is 52.9 Å². The predicted octanol–water partition coefficient (Wildman–Crippen LogP) is 4.02. The lowest BCUT2D eigenvalue weighted by Crippen LogP contribution is -2.30. The Hall–Kier alpha value is -2.73. The van der Waals surface area contributed by atoms with Crippen molar-refractivity contribution in [1.82, 2.24) is 5.32 Å². The second-order valence-electron chi connectivity index (χ2n) is 6.33. The maximum Gasteiger partial charge on any atom is 0.333 e. The Balaban J connectivity index is 1.54. The van der Waals surface area contributed by atoms with Crippen LogP contribution in [0, 0.1) is 0 Å². The van der Waals surface area contributed by atoms with Crippen molar-refractivity contribution in [2.24, 2.45) is 0 Å². The molecule has 26 heavy (non-hydrogen) atoms. The van der Waals surface area contributed by atoms with Gasteiger partial charge in [0, 0.05) is 30.3 Å². The number of piperidine rings is 1. The number of imide groups is 1. The minimum atomic E-state index is -0.494. The van der Waals surface area contributed by atoms with E-state index in [4.69, 9.17) is 16.0 Å². The first kappa shape index (κ1) is 16.7. The van der Waals surface area contributed by atoms with Crippen LogP contribution in [0.2, 0.25) is 5.02 Å². The number of benzene rings is 1. The van der Waals surface area contributed by atoms with E-state index in [9.17, 15) is 9.59 Å². The summed E-state index contributed by atoms with van der Waals surface area (Å²) in [6.45, 7) is 1.95. The van der Waals surface area contributed by atoms with Crippen LogP contribution in [0.3, 0.4) is 0 Å². The Labute approximate surface area is 156 Å². The van der Waals surface area contributed by atoms with Crippen LogP contribution in [0.1, 0.15) is 25.0 Å². The van der Waals surface area contributed by atoms with Gasteiger partial charge in [-0.3, -0.25) is 4.79 Å². The van der Waals surface area contributed by atoms with Gasteiger partial charge in [-0.05, 0) is 49.6 Å². The zero-order valence-corrected chi connectivity index (χ0v) is 14.8. The highest BCUT2D eigenvalue weighted by Crippen LogP contribution is 2.26. The fourth-order valence-electron chi connectivity index (χ4n) is 3.21. The second-order valence-corrected chi connectivity index (χ2v) is 6.77. The van der Waals surface area contributed by atoms with Gasteiger partial charge in [0.15, 0.2) is 5.88 Å². The third-order valence-electron chi connectivity index (χ3n) is 4.53. The molecule has 0 radical (unpaired) electrons. The number of carbonyl (C=O) groups excluding carboxylic acids is 2. The highest BCUT2D eigenvalue weighted by molar-refractivity contribution is 6.31. The van der Waals surface area contributed by atoms with Crippen molar-refractivity contribution in [3.63, 3.8) is 0 Å². The van der Waals surface area contributed by atoms with Gasteiger partial charge >= 0.3 is 6.03 Å². The molecule has 0 spiro atoms. The molecular weight excluding hydrogens is 354 g/mol. The molecule has 3 amide bonds. The van der Waals surface area contributed by atoms with Crippen LogP contribution < -0.4 is 15.1 Å². The Bertz CT molecular complexity index is 866. The highest BCUT2D eigenvalue weighted by atomic mass is 35.5. The molecule has 2 aliphatic heterocycles. The molecule has 0 saturated carbocycles. The molecule has 1 aromatic heterocycles. The fraction of sp³-hybridized carbons (Fsp3) is 0.263. The molecule has 134 valence electrons. The molecule has 6 nitrogen and oxygen atoms in total. The van der Waals surface area contributed by atoms with Gasteiger partial charge in [0.05, 0.1) is 5.69 Å². The number of halogens is 1. The molecule has 4 rings (SSSR count). The van der Waals surface area contributed by atoms with Crippen LogP contribution in [0.15, 0.2) is 46.5 Å². The number of hydrogen-bond donors (Lipinski definition) is 1.